The predicted molar refractivity (Wildman–Crippen MR) is 97.5 cm³/mol. The maximum Gasteiger partial charge on any atom is 0.227 e. The summed E-state index contributed by atoms with van der Waals surface area (Å²) < 4.78 is 1.03. The second-order valence-corrected chi connectivity index (χ2v) is 8.20. The van der Waals surface area contributed by atoms with Gasteiger partial charge in [-0.25, -0.2) is 0 Å². The summed E-state index contributed by atoms with van der Waals surface area (Å²) in [7, 11) is 0. The number of piperidine rings is 1. The molecule has 1 amide bonds. The summed E-state index contributed by atoms with van der Waals surface area (Å²) in [5.74, 6) is 0.310. The van der Waals surface area contributed by atoms with Gasteiger partial charge in [0.25, 0.3) is 0 Å². The lowest BCUT2D eigenvalue weighted by Crippen LogP contribution is -2.43. The fourth-order valence-corrected chi connectivity index (χ4v) is 3.94. The van der Waals surface area contributed by atoms with Crippen molar-refractivity contribution in [2.24, 2.45) is 11.3 Å². The molecule has 2 aliphatic heterocycles. The van der Waals surface area contributed by atoms with Crippen molar-refractivity contribution >= 4 is 27.5 Å². The third-order valence-electron chi connectivity index (χ3n) is 5.13. The molecule has 2 saturated heterocycles. The van der Waals surface area contributed by atoms with Crippen LogP contribution in [-0.4, -0.2) is 43.5 Å². The van der Waals surface area contributed by atoms with Crippen LogP contribution in [0.2, 0.25) is 0 Å². The number of carbonyl (C=O) groups excluding carboxylic acids is 1. The van der Waals surface area contributed by atoms with Crippen LogP contribution in [-0.2, 0) is 4.79 Å². The standard InChI is InChI=1S/C18H26BrN3O/c1-18(8-9-20-12-18)13-22-10-6-14(7-11-22)17(23)21-16-4-2-15(19)3-5-16/h2-5,14,20H,6-13H2,1H3,(H,21,23). The number of anilines is 1. The third kappa shape index (κ3) is 4.55. The van der Waals surface area contributed by atoms with E-state index in [9.17, 15) is 4.79 Å². The molecule has 0 aromatic heterocycles. The van der Waals surface area contributed by atoms with Crippen molar-refractivity contribution in [1.82, 2.24) is 10.2 Å². The molecule has 0 aliphatic carbocycles. The van der Waals surface area contributed by atoms with Crippen molar-refractivity contribution in [3.8, 4) is 0 Å². The van der Waals surface area contributed by atoms with Gasteiger partial charge < -0.3 is 15.5 Å². The zero-order valence-corrected chi connectivity index (χ0v) is 15.4. The van der Waals surface area contributed by atoms with Crippen LogP contribution in [0.4, 0.5) is 5.69 Å². The molecule has 5 heteroatoms. The number of amides is 1. The Kier molecular flexibility index (Phi) is 5.39. The number of hydrogen-bond acceptors (Lipinski definition) is 3. The molecule has 23 heavy (non-hydrogen) atoms. The molecule has 2 N–H and O–H groups in total. The first-order valence-electron chi connectivity index (χ1n) is 8.54. The Bertz CT molecular complexity index is 532. The number of nitrogens with zero attached hydrogens (tertiary/aromatic N) is 1. The Morgan fingerprint density at radius 3 is 2.65 bits per heavy atom. The molecule has 1 aromatic rings. The highest BCUT2D eigenvalue weighted by Gasteiger charge is 2.33. The molecular weight excluding hydrogens is 354 g/mol. The van der Waals surface area contributed by atoms with Crippen LogP contribution in [0.3, 0.4) is 0 Å². The van der Waals surface area contributed by atoms with E-state index in [1.165, 1.54) is 6.42 Å². The van der Waals surface area contributed by atoms with Gasteiger partial charge in [0.15, 0.2) is 0 Å². The minimum Gasteiger partial charge on any atom is -0.326 e. The maximum absolute atomic E-state index is 12.4. The van der Waals surface area contributed by atoms with Gasteiger partial charge in [0.05, 0.1) is 0 Å². The summed E-state index contributed by atoms with van der Waals surface area (Å²) >= 11 is 3.41. The Morgan fingerprint density at radius 1 is 1.35 bits per heavy atom. The highest BCUT2D eigenvalue weighted by atomic mass is 79.9. The number of nitrogens with one attached hydrogen (secondary N) is 2. The summed E-state index contributed by atoms with van der Waals surface area (Å²) in [6.45, 7) is 7.86. The minimum atomic E-state index is 0.143. The lowest BCUT2D eigenvalue weighted by Gasteiger charge is -2.36. The molecule has 1 unspecified atom stereocenters. The summed E-state index contributed by atoms with van der Waals surface area (Å²) in [6, 6.07) is 7.78. The molecule has 0 spiro atoms. The van der Waals surface area contributed by atoms with E-state index >= 15 is 0 Å². The third-order valence-corrected chi connectivity index (χ3v) is 5.66. The van der Waals surface area contributed by atoms with Gasteiger partial charge in [-0.2, -0.15) is 0 Å². The quantitative estimate of drug-likeness (QED) is 0.844. The average molecular weight is 380 g/mol. The van der Waals surface area contributed by atoms with E-state index in [-0.39, 0.29) is 11.8 Å². The lowest BCUT2D eigenvalue weighted by molar-refractivity contribution is -0.121. The van der Waals surface area contributed by atoms with E-state index in [2.05, 4.69) is 38.4 Å². The van der Waals surface area contributed by atoms with Crippen LogP contribution in [0.15, 0.2) is 28.7 Å². The van der Waals surface area contributed by atoms with Crippen molar-refractivity contribution in [2.45, 2.75) is 26.2 Å². The SMILES string of the molecule is CC1(CN2CCC(C(=O)Nc3ccc(Br)cc3)CC2)CCNC1. The molecule has 4 nitrogen and oxygen atoms in total. The van der Waals surface area contributed by atoms with Gasteiger partial charge in [-0.15, -0.1) is 0 Å². The van der Waals surface area contributed by atoms with Crippen molar-refractivity contribution < 1.29 is 4.79 Å². The summed E-state index contributed by atoms with van der Waals surface area (Å²) in [4.78, 5) is 15.0. The van der Waals surface area contributed by atoms with Crippen LogP contribution in [0.1, 0.15) is 26.2 Å². The normalized spacial score (nSPS) is 26.3. The van der Waals surface area contributed by atoms with Gasteiger partial charge >= 0.3 is 0 Å². The van der Waals surface area contributed by atoms with Crippen LogP contribution in [0.25, 0.3) is 0 Å². The number of benzene rings is 1. The molecule has 2 fully saturated rings. The zero-order valence-electron chi connectivity index (χ0n) is 13.8. The van der Waals surface area contributed by atoms with Crippen molar-refractivity contribution in [1.29, 1.82) is 0 Å². The fraction of sp³-hybridized carbons (Fsp3) is 0.611. The molecule has 2 heterocycles. The monoisotopic (exact) mass is 379 g/mol. The van der Waals surface area contributed by atoms with Crippen molar-refractivity contribution in [2.75, 3.05) is 38.0 Å². The largest absolute Gasteiger partial charge is 0.326 e. The Hall–Kier alpha value is -0.910. The predicted octanol–water partition coefficient (Wildman–Crippen LogP) is 3.10. The summed E-state index contributed by atoms with van der Waals surface area (Å²) in [6.07, 6.45) is 3.19. The van der Waals surface area contributed by atoms with Crippen LogP contribution in [0, 0.1) is 11.3 Å². The summed E-state index contributed by atoms with van der Waals surface area (Å²) in [5, 5.41) is 6.51. The molecule has 1 aromatic carbocycles. The van der Waals surface area contributed by atoms with Gasteiger partial charge in [-0.1, -0.05) is 22.9 Å². The van der Waals surface area contributed by atoms with Gasteiger partial charge in [0.2, 0.25) is 5.91 Å². The number of carbonyl (C=O) groups is 1. The molecule has 0 bridgehead atoms. The Balaban J connectivity index is 1.46. The van der Waals surface area contributed by atoms with Gasteiger partial charge in [0.1, 0.15) is 0 Å². The highest BCUT2D eigenvalue weighted by molar-refractivity contribution is 9.10. The van der Waals surface area contributed by atoms with E-state index in [1.54, 1.807) is 0 Å². The Labute approximate surface area is 147 Å². The molecule has 1 atom stereocenters. The van der Waals surface area contributed by atoms with Gasteiger partial charge in [-0.3, -0.25) is 4.79 Å². The Morgan fingerprint density at radius 2 is 2.04 bits per heavy atom. The first-order chi connectivity index (χ1) is 11.0. The molecular formula is C18H26BrN3O. The number of likely N-dealkylation sites (tertiary alicyclic amines) is 1. The topological polar surface area (TPSA) is 44.4 Å². The first kappa shape index (κ1) is 16.9. The van der Waals surface area contributed by atoms with Crippen molar-refractivity contribution in [3.63, 3.8) is 0 Å². The highest BCUT2D eigenvalue weighted by Crippen LogP contribution is 2.28. The molecule has 0 saturated carbocycles. The van der Waals surface area contributed by atoms with Crippen LogP contribution in [0.5, 0.6) is 0 Å². The zero-order chi connectivity index (χ0) is 16.3. The average Bonchev–Trinajstić information content (AvgIpc) is 2.96. The maximum atomic E-state index is 12.4. The van der Waals surface area contributed by atoms with Crippen LogP contribution < -0.4 is 10.6 Å². The minimum absolute atomic E-state index is 0.143. The second-order valence-electron chi connectivity index (χ2n) is 7.28. The smallest absolute Gasteiger partial charge is 0.227 e. The van der Waals surface area contributed by atoms with E-state index in [1.807, 2.05) is 24.3 Å². The molecule has 126 valence electrons. The van der Waals surface area contributed by atoms with E-state index in [4.69, 9.17) is 0 Å². The fourth-order valence-electron chi connectivity index (χ4n) is 3.67. The second kappa shape index (κ2) is 7.32. The van der Waals surface area contributed by atoms with E-state index in [0.29, 0.717) is 5.41 Å². The molecule has 3 rings (SSSR count). The van der Waals surface area contributed by atoms with Crippen molar-refractivity contribution in [3.05, 3.63) is 28.7 Å². The number of rotatable bonds is 4. The van der Waals surface area contributed by atoms with Crippen LogP contribution >= 0.6 is 15.9 Å². The summed E-state index contributed by atoms with van der Waals surface area (Å²) in [5.41, 5.74) is 1.29. The number of hydrogen-bond donors (Lipinski definition) is 2. The number of halogens is 1. The molecule has 2 aliphatic rings. The van der Waals surface area contributed by atoms with E-state index < -0.39 is 0 Å². The lowest BCUT2D eigenvalue weighted by atomic mass is 9.87. The van der Waals surface area contributed by atoms with Gasteiger partial charge in [-0.05, 0) is 68.6 Å². The molecule has 0 radical (unpaired) electrons. The van der Waals surface area contributed by atoms with E-state index in [0.717, 1.165) is 55.7 Å². The first-order valence-corrected chi connectivity index (χ1v) is 9.33. The van der Waals surface area contributed by atoms with Gasteiger partial charge in [0, 0.05) is 29.2 Å².